The van der Waals surface area contributed by atoms with E-state index in [4.69, 9.17) is 28.9 Å². The first-order valence-corrected chi connectivity index (χ1v) is 9.12. The van der Waals surface area contributed by atoms with E-state index in [0.29, 0.717) is 21.5 Å². The van der Waals surface area contributed by atoms with Gasteiger partial charge in [-0.25, -0.2) is 0 Å². The van der Waals surface area contributed by atoms with Gasteiger partial charge in [0.05, 0.1) is 10.7 Å². The van der Waals surface area contributed by atoms with Crippen LogP contribution in [0.4, 0.5) is 17.1 Å². The zero-order valence-electron chi connectivity index (χ0n) is 12.5. The number of nitrogens with two attached hydrogens (primary N) is 1. The summed E-state index contributed by atoms with van der Waals surface area (Å²) in [6.45, 7) is 0. The van der Waals surface area contributed by atoms with E-state index in [2.05, 4.69) is 10.2 Å². The first-order valence-electron chi connectivity index (χ1n) is 6.93. The van der Waals surface area contributed by atoms with Gasteiger partial charge in [-0.1, -0.05) is 47.5 Å². The molecule has 3 N–H and O–H groups in total. The second-order valence-electron chi connectivity index (χ2n) is 5.12. The summed E-state index contributed by atoms with van der Waals surface area (Å²) in [6.07, 6.45) is 0. The van der Waals surface area contributed by atoms with E-state index in [0.717, 1.165) is 0 Å². The van der Waals surface area contributed by atoms with Gasteiger partial charge >= 0.3 is 0 Å². The maximum Gasteiger partial charge on any atom is 0.295 e. The summed E-state index contributed by atoms with van der Waals surface area (Å²) in [5.41, 5.74) is 6.74. The van der Waals surface area contributed by atoms with Crippen molar-refractivity contribution in [2.24, 2.45) is 10.2 Å². The van der Waals surface area contributed by atoms with Crippen LogP contribution < -0.4 is 5.73 Å². The Morgan fingerprint density at radius 3 is 2.20 bits per heavy atom. The third-order valence-electron chi connectivity index (χ3n) is 3.48. The summed E-state index contributed by atoms with van der Waals surface area (Å²) in [6, 6.07) is 12.4. The number of nitrogen functional groups attached to an aromatic ring is 1. The molecule has 0 saturated carbocycles. The van der Waals surface area contributed by atoms with Crippen LogP contribution in [-0.4, -0.2) is 13.0 Å². The molecule has 0 saturated heterocycles. The normalized spacial score (nSPS) is 12.1. The molecule has 0 unspecified atom stereocenters. The van der Waals surface area contributed by atoms with Crippen molar-refractivity contribution in [1.29, 1.82) is 0 Å². The summed E-state index contributed by atoms with van der Waals surface area (Å²) in [7, 11) is -4.47. The largest absolute Gasteiger partial charge is 0.396 e. The monoisotopic (exact) mass is 395 g/mol. The molecule has 3 rings (SSSR count). The van der Waals surface area contributed by atoms with Crippen molar-refractivity contribution in [2.75, 3.05) is 5.73 Å². The predicted molar refractivity (Wildman–Crippen MR) is 98.8 cm³/mol. The van der Waals surface area contributed by atoms with E-state index in [1.54, 1.807) is 36.4 Å². The van der Waals surface area contributed by atoms with E-state index in [1.165, 1.54) is 12.1 Å². The third-order valence-corrected chi connectivity index (χ3v) is 4.91. The molecule has 0 amide bonds. The van der Waals surface area contributed by atoms with Gasteiger partial charge in [-0.15, -0.1) is 10.2 Å². The van der Waals surface area contributed by atoms with Crippen molar-refractivity contribution >= 4 is 61.2 Å². The number of nitrogens with zero attached hydrogens (tertiary/aromatic N) is 2. The molecular formula is C16H11Cl2N3O3S. The quantitative estimate of drug-likeness (QED) is 0.352. The molecule has 0 aliphatic carbocycles. The molecule has 0 aliphatic rings. The molecule has 0 aromatic heterocycles. The van der Waals surface area contributed by atoms with Gasteiger partial charge in [-0.2, -0.15) is 8.42 Å². The second-order valence-corrected chi connectivity index (χ2v) is 7.36. The lowest BCUT2D eigenvalue weighted by molar-refractivity contribution is 0.484. The molecule has 128 valence electrons. The Morgan fingerprint density at radius 1 is 0.920 bits per heavy atom. The van der Waals surface area contributed by atoms with Crippen molar-refractivity contribution in [1.82, 2.24) is 0 Å². The van der Waals surface area contributed by atoms with Crippen molar-refractivity contribution in [3.05, 3.63) is 58.6 Å². The van der Waals surface area contributed by atoms with Crippen LogP contribution in [0.15, 0.2) is 63.7 Å². The van der Waals surface area contributed by atoms with Gasteiger partial charge in [-0.3, -0.25) is 4.55 Å². The number of azo groups is 1. The average molecular weight is 396 g/mol. The Balaban J connectivity index is 2.19. The van der Waals surface area contributed by atoms with Crippen LogP contribution >= 0.6 is 23.2 Å². The van der Waals surface area contributed by atoms with Crippen LogP contribution in [0.5, 0.6) is 0 Å². The number of anilines is 1. The van der Waals surface area contributed by atoms with E-state index >= 15 is 0 Å². The number of halogens is 2. The third kappa shape index (κ3) is 3.59. The summed E-state index contributed by atoms with van der Waals surface area (Å²) in [5.74, 6) is 0. The minimum Gasteiger partial charge on any atom is -0.396 e. The topological polar surface area (TPSA) is 105 Å². The lowest BCUT2D eigenvalue weighted by Crippen LogP contribution is -2.01. The molecule has 6 nitrogen and oxygen atoms in total. The first-order chi connectivity index (χ1) is 11.8. The number of fused-ring (bicyclic) bond motifs is 1. The van der Waals surface area contributed by atoms with Gasteiger partial charge in [0, 0.05) is 15.8 Å². The van der Waals surface area contributed by atoms with Gasteiger partial charge in [0.25, 0.3) is 10.1 Å². The minimum absolute atomic E-state index is 0.0948. The Morgan fingerprint density at radius 2 is 1.56 bits per heavy atom. The van der Waals surface area contributed by atoms with Crippen molar-refractivity contribution in [2.45, 2.75) is 4.90 Å². The molecule has 9 heteroatoms. The Bertz CT molecular complexity index is 1120. The highest BCUT2D eigenvalue weighted by atomic mass is 35.5. The fraction of sp³-hybridized carbons (Fsp3) is 0. The molecule has 0 atom stereocenters. The average Bonchev–Trinajstić information content (AvgIpc) is 2.54. The summed E-state index contributed by atoms with van der Waals surface area (Å²) >= 11 is 11.9. The fourth-order valence-electron chi connectivity index (χ4n) is 2.32. The highest BCUT2D eigenvalue weighted by Gasteiger charge is 2.18. The standard InChI is InChI=1S/C16H11Cl2N3O3S/c17-9-5-6-13(12(18)7-9)20-21-14-8-15(25(22,23)24)10-3-1-2-4-11(10)16(14)19/h1-8H,19H2,(H,22,23,24)/b21-20+. The van der Waals surface area contributed by atoms with Crippen LogP contribution in [0.1, 0.15) is 0 Å². The van der Waals surface area contributed by atoms with Crippen molar-refractivity contribution in [3.63, 3.8) is 0 Å². The maximum atomic E-state index is 11.7. The van der Waals surface area contributed by atoms with Crippen molar-refractivity contribution in [3.8, 4) is 0 Å². The SMILES string of the molecule is Nc1c(/N=N/c2ccc(Cl)cc2Cl)cc(S(=O)(=O)O)c2ccccc12. The zero-order chi connectivity index (χ0) is 18.2. The lowest BCUT2D eigenvalue weighted by atomic mass is 10.1. The molecular weight excluding hydrogens is 385 g/mol. The van der Waals surface area contributed by atoms with Gasteiger partial charge in [0.1, 0.15) is 16.3 Å². The predicted octanol–water partition coefficient (Wildman–Crippen LogP) is 5.39. The van der Waals surface area contributed by atoms with Crippen LogP contribution in [0.3, 0.4) is 0 Å². The van der Waals surface area contributed by atoms with Crippen LogP contribution in [0, 0.1) is 0 Å². The first kappa shape index (κ1) is 17.6. The summed E-state index contributed by atoms with van der Waals surface area (Å²) < 4.78 is 32.9. The van der Waals surface area contributed by atoms with Gasteiger partial charge in [0.15, 0.2) is 0 Å². The van der Waals surface area contributed by atoms with Crippen LogP contribution in [-0.2, 0) is 10.1 Å². The molecule has 0 radical (unpaired) electrons. The lowest BCUT2D eigenvalue weighted by Gasteiger charge is -2.09. The molecule has 0 aliphatic heterocycles. The van der Waals surface area contributed by atoms with E-state index in [-0.39, 0.29) is 21.3 Å². The van der Waals surface area contributed by atoms with Crippen LogP contribution in [0.25, 0.3) is 10.8 Å². The highest BCUT2D eigenvalue weighted by Crippen LogP contribution is 2.37. The number of rotatable bonds is 3. The maximum absolute atomic E-state index is 11.7. The van der Waals surface area contributed by atoms with Gasteiger partial charge < -0.3 is 5.73 Å². The molecule has 0 bridgehead atoms. The number of hydrogen-bond donors (Lipinski definition) is 2. The van der Waals surface area contributed by atoms with Crippen LogP contribution in [0.2, 0.25) is 10.0 Å². The number of hydrogen-bond acceptors (Lipinski definition) is 5. The molecule has 25 heavy (non-hydrogen) atoms. The molecule has 3 aromatic rings. The molecule has 0 heterocycles. The van der Waals surface area contributed by atoms with Gasteiger partial charge in [-0.05, 0) is 24.3 Å². The Kier molecular flexibility index (Phi) is 4.66. The number of benzene rings is 3. The van der Waals surface area contributed by atoms with E-state index in [9.17, 15) is 13.0 Å². The smallest absolute Gasteiger partial charge is 0.295 e. The Hall–Kier alpha value is -2.19. The minimum atomic E-state index is -4.47. The van der Waals surface area contributed by atoms with Crippen molar-refractivity contribution < 1.29 is 13.0 Å². The van der Waals surface area contributed by atoms with E-state index < -0.39 is 10.1 Å². The highest BCUT2D eigenvalue weighted by molar-refractivity contribution is 7.86. The fourth-order valence-corrected chi connectivity index (χ4v) is 3.48. The summed E-state index contributed by atoms with van der Waals surface area (Å²) in [4.78, 5) is -0.298. The second kappa shape index (κ2) is 6.61. The summed E-state index contributed by atoms with van der Waals surface area (Å²) in [5, 5.41) is 9.44. The molecule has 0 spiro atoms. The zero-order valence-corrected chi connectivity index (χ0v) is 14.8. The Labute approximate surface area is 153 Å². The van der Waals surface area contributed by atoms with Gasteiger partial charge in [0.2, 0.25) is 0 Å². The molecule has 0 fully saturated rings. The molecule has 3 aromatic carbocycles. The van der Waals surface area contributed by atoms with E-state index in [1.807, 2.05) is 0 Å².